The molecule has 0 radical (unpaired) electrons. The predicted octanol–water partition coefficient (Wildman–Crippen LogP) is -0.924. The second kappa shape index (κ2) is 7.25. The zero-order chi connectivity index (χ0) is 11.8. The van der Waals surface area contributed by atoms with Gasteiger partial charge in [0.25, 0.3) is 0 Å². The Morgan fingerprint density at radius 1 is 1.40 bits per heavy atom. The lowest BCUT2D eigenvalue weighted by molar-refractivity contribution is -0.141. The monoisotopic (exact) mass is 217 g/mol. The van der Waals surface area contributed by atoms with Crippen LogP contribution < -0.4 is 5.32 Å². The molecule has 4 N–H and O–H groups in total. The Balaban J connectivity index is 4.01. The Hall–Kier alpha value is -1.08. The van der Waals surface area contributed by atoms with Gasteiger partial charge in [0.1, 0.15) is 0 Å². The van der Waals surface area contributed by atoms with Crippen LogP contribution in [0.3, 0.4) is 0 Å². The summed E-state index contributed by atoms with van der Waals surface area (Å²) in [6.45, 7) is 0. The summed E-state index contributed by atoms with van der Waals surface area (Å²) in [5.41, 5.74) is 0. The summed E-state index contributed by atoms with van der Waals surface area (Å²) in [6.07, 6.45) is 0.654. The standard InChI is InChI=1S/C8H16BNO5/c1-10-8(13)6(5-7(11)12)3-2-4-9(14)15/h6,14-15H,2-5H2,1H3,(H,10,13)(H,11,12). The first kappa shape index (κ1) is 13.9. The average molecular weight is 217 g/mol. The molecular weight excluding hydrogens is 201 g/mol. The van der Waals surface area contributed by atoms with Gasteiger partial charge in [-0.15, -0.1) is 0 Å². The van der Waals surface area contributed by atoms with Gasteiger partial charge < -0.3 is 20.5 Å². The molecule has 6 nitrogen and oxygen atoms in total. The van der Waals surface area contributed by atoms with Gasteiger partial charge in [0, 0.05) is 13.0 Å². The highest BCUT2D eigenvalue weighted by Gasteiger charge is 2.20. The van der Waals surface area contributed by atoms with Crippen molar-refractivity contribution in [3.63, 3.8) is 0 Å². The number of aliphatic carboxylic acids is 1. The van der Waals surface area contributed by atoms with Crippen molar-refractivity contribution in [3.05, 3.63) is 0 Å². The lowest BCUT2D eigenvalue weighted by Crippen LogP contribution is -2.29. The number of carboxylic acids is 1. The van der Waals surface area contributed by atoms with E-state index in [-0.39, 0.29) is 18.6 Å². The Kier molecular flexibility index (Phi) is 6.73. The summed E-state index contributed by atoms with van der Waals surface area (Å²) in [6, 6.07) is 0. The van der Waals surface area contributed by atoms with E-state index in [4.69, 9.17) is 15.2 Å². The molecule has 1 amide bonds. The molecule has 0 aliphatic rings. The van der Waals surface area contributed by atoms with E-state index < -0.39 is 19.0 Å². The van der Waals surface area contributed by atoms with Gasteiger partial charge >= 0.3 is 13.1 Å². The maximum Gasteiger partial charge on any atom is 0.451 e. The number of nitrogens with one attached hydrogen (secondary N) is 1. The van der Waals surface area contributed by atoms with Gasteiger partial charge in [-0.05, 0) is 12.7 Å². The molecule has 0 rings (SSSR count). The molecule has 0 saturated heterocycles. The molecule has 0 spiro atoms. The molecule has 15 heavy (non-hydrogen) atoms. The third-order valence-corrected chi connectivity index (χ3v) is 2.05. The van der Waals surface area contributed by atoms with Crippen LogP contribution in [0.4, 0.5) is 0 Å². The SMILES string of the molecule is CNC(=O)C(CCCB(O)O)CC(=O)O. The minimum atomic E-state index is -1.40. The molecule has 0 heterocycles. The molecule has 0 bridgehead atoms. The van der Waals surface area contributed by atoms with E-state index in [1.807, 2.05) is 0 Å². The molecule has 1 unspecified atom stereocenters. The first-order valence-electron chi connectivity index (χ1n) is 4.77. The van der Waals surface area contributed by atoms with Crippen LogP contribution in [0.25, 0.3) is 0 Å². The van der Waals surface area contributed by atoms with Crippen molar-refractivity contribution in [1.29, 1.82) is 0 Å². The molecule has 0 aliphatic heterocycles. The molecule has 0 aliphatic carbocycles. The molecule has 0 aromatic rings. The number of carboxylic acid groups (broad SMARTS) is 1. The van der Waals surface area contributed by atoms with Gasteiger partial charge in [0.05, 0.1) is 6.42 Å². The van der Waals surface area contributed by atoms with E-state index in [9.17, 15) is 9.59 Å². The zero-order valence-electron chi connectivity index (χ0n) is 8.64. The fraction of sp³-hybridized carbons (Fsp3) is 0.750. The maximum absolute atomic E-state index is 11.2. The fourth-order valence-electron chi connectivity index (χ4n) is 1.29. The second-order valence-corrected chi connectivity index (χ2v) is 3.32. The lowest BCUT2D eigenvalue weighted by Gasteiger charge is -2.12. The first-order chi connectivity index (χ1) is 6.97. The number of carbonyl (C=O) groups is 2. The van der Waals surface area contributed by atoms with Crippen molar-refractivity contribution in [2.45, 2.75) is 25.6 Å². The number of hydrogen-bond acceptors (Lipinski definition) is 4. The summed E-state index contributed by atoms with van der Waals surface area (Å²) >= 11 is 0. The fourth-order valence-corrected chi connectivity index (χ4v) is 1.29. The Bertz CT molecular complexity index is 221. The van der Waals surface area contributed by atoms with E-state index in [0.717, 1.165) is 0 Å². The molecule has 86 valence electrons. The van der Waals surface area contributed by atoms with E-state index in [1.165, 1.54) is 7.05 Å². The molecule has 1 atom stereocenters. The smallest absolute Gasteiger partial charge is 0.451 e. The minimum Gasteiger partial charge on any atom is -0.481 e. The highest BCUT2D eigenvalue weighted by atomic mass is 16.4. The van der Waals surface area contributed by atoms with Gasteiger partial charge in [-0.1, -0.05) is 6.42 Å². The van der Waals surface area contributed by atoms with Gasteiger partial charge in [-0.25, -0.2) is 0 Å². The molecule has 0 aromatic heterocycles. The Labute approximate surface area is 88.4 Å². The summed E-state index contributed by atoms with van der Waals surface area (Å²) in [5.74, 6) is -1.97. The number of amides is 1. The highest BCUT2D eigenvalue weighted by Crippen LogP contribution is 2.13. The van der Waals surface area contributed by atoms with Crippen LogP contribution >= 0.6 is 0 Å². The highest BCUT2D eigenvalue weighted by molar-refractivity contribution is 6.40. The van der Waals surface area contributed by atoms with Crippen LogP contribution in [0.2, 0.25) is 6.32 Å². The maximum atomic E-state index is 11.2. The van der Waals surface area contributed by atoms with Crippen molar-refractivity contribution in [2.24, 2.45) is 5.92 Å². The van der Waals surface area contributed by atoms with Crippen molar-refractivity contribution < 1.29 is 24.7 Å². The van der Waals surface area contributed by atoms with Crippen LogP contribution in [0.5, 0.6) is 0 Å². The van der Waals surface area contributed by atoms with Crippen LogP contribution in [-0.2, 0) is 9.59 Å². The average Bonchev–Trinajstić information content (AvgIpc) is 2.14. The molecule has 7 heteroatoms. The van der Waals surface area contributed by atoms with Crippen molar-refractivity contribution >= 4 is 19.0 Å². The molecular formula is C8H16BNO5. The first-order valence-corrected chi connectivity index (χ1v) is 4.77. The van der Waals surface area contributed by atoms with Gasteiger partial charge in [0.15, 0.2) is 0 Å². The van der Waals surface area contributed by atoms with E-state index in [0.29, 0.717) is 12.8 Å². The minimum absolute atomic E-state index is 0.146. The normalized spacial score (nSPS) is 11.9. The largest absolute Gasteiger partial charge is 0.481 e. The van der Waals surface area contributed by atoms with Crippen molar-refractivity contribution in [1.82, 2.24) is 5.32 Å². The second-order valence-electron chi connectivity index (χ2n) is 3.32. The van der Waals surface area contributed by atoms with Crippen molar-refractivity contribution in [2.75, 3.05) is 7.05 Å². The van der Waals surface area contributed by atoms with Gasteiger partial charge in [-0.3, -0.25) is 9.59 Å². The third-order valence-electron chi connectivity index (χ3n) is 2.05. The number of hydrogen-bond donors (Lipinski definition) is 4. The van der Waals surface area contributed by atoms with Gasteiger partial charge in [-0.2, -0.15) is 0 Å². The number of carbonyl (C=O) groups excluding carboxylic acids is 1. The quantitative estimate of drug-likeness (QED) is 0.412. The topological polar surface area (TPSA) is 107 Å². The Morgan fingerprint density at radius 2 is 2.00 bits per heavy atom. The van der Waals surface area contributed by atoms with Gasteiger partial charge in [0.2, 0.25) is 5.91 Å². The predicted molar refractivity (Wildman–Crippen MR) is 54.0 cm³/mol. The molecule has 0 aromatic carbocycles. The zero-order valence-corrected chi connectivity index (χ0v) is 8.64. The van der Waals surface area contributed by atoms with E-state index in [2.05, 4.69) is 5.32 Å². The van der Waals surface area contributed by atoms with E-state index >= 15 is 0 Å². The molecule has 0 fully saturated rings. The van der Waals surface area contributed by atoms with Crippen LogP contribution in [0, 0.1) is 5.92 Å². The van der Waals surface area contributed by atoms with E-state index in [1.54, 1.807) is 0 Å². The number of rotatable bonds is 7. The van der Waals surface area contributed by atoms with Crippen molar-refractivity contribution in [3.8, 4) is 0 Å². The summed E-state index contributed by atoms with van der Waals surface area (Å²) in [5, 5.41) is 28.1. The van der Waals surface area contributed by atoms with Crippen LogP contribution in [-0.4, -0.2) is 41.2 Å². The summed E-state index contributed by atoms with van der Waals surface area (Å²) in [4.78, 5) is 21.7. The third kappa shape index (κ3) is 6.93. The Morgan fingerprint density at radius 3 is 2.40 bits per heavy atom. The summed E-state index contributed by atoms with van der Waals surface area (Å²) in [7, 11) is 0.0399. The molecule has 0 saturated carbocycles. The van der Waals surface area contributed by atoms with Crippen LogP contribution in [0.1, 0.15) is 19.3 Å². The van der Waals surface area contributed by atoms with Crippen LogP contribution in [0.15, 0.2) is 0 Å². The summed E-state index contributed by atoms with van der Waals surface area (Å²) < 4.78 is 0. The lowest BCUT2D eigenvalue weighted by atomic mass is 9.81.